The molecule has 0 aliphatic carbocycles. The van der Waals surface area contributed by atoms with Crippen molar-refractivity contribution < 1.29 is 13.2 Å². The van der Waals surface area contributed by atoms with Crippen LogP contribution in [0.15, 0.2) is 41.1 Å². The van der Waals surface area contributed by atoms with Gasteiger partial charge < -0.3 is 10.2 Å². The maximum Gasteiger partial charge on any atom is 0.314 e. The fourth-order valence-electron chi connectivity index (χ4n) is 2.40. The van der Waals surface area contributed by atoms with Crippen LogP contribution >= 0.6 is 11.3 Å². The molecular formula is C16H13F2N7OS. The Balaban J connectivity index is 1.55. The van der Waals surface area contributed by atoms with Crippen LogP contribution in [0.25, 0.3) is 22.0 Å². The highest BCUT2D eigenvalue weighted by Gasteiger charge is 2.20. The maximum absolute atomic E-state index is 12.6. The smallest absolute Gasteiger partial charge is 0.314 e. The molecule has 0 saturated heterocycles. The molecule has 1 atom stereocenters. The van der Waals surface area contributed by atoms with Gasteiger partial charge in [-0.1, -0.05) is 5.21 Å². The highest BCUT2D eigenvalue weighted by atomic mass is 32.1. The number of nitrogen functional groups attached to an aromatic ring is 1. The number of nitrogens with two attached hydrogens (primary N) is 1. The highest BCUT2D eigenvalue weighted by Crippen LogP contribution is 2.33. The molecule has 0 aromatic carbocycles. The first-order valence-corrected chi connectivity index (χ1v) is 8.68. The van der Waals surface area contributed by atoms with E-state index in [4.69, 9.17) is 10.2 Å². The van der Waals surface area contributed by atoms with Gasteiger partial charge in [0.15, 0.2) is 0 Å². The fourth-order valence-corrected chi connectivity index (χ4v) is 3.37. The van der Waals surface area contributed by atoms with Crippen LogP contribution < -0.4 is 5.73 Å². The molecule has 0 aliphatic heterocycles. The average Bonchev–Trinajstić information content (AvgIpc) is 3.40. The van der Waals surface area contributed by atoms with Gasteiger partial charge in [-0.15, -0.1) is 26.6 Å². The number of anilines is 1. The molecule has 4 aromatic rings. The van der Waals surface area contributed by atoms with Crippen molar-refractivity contribution in [2.75, 3.05) is 5.73 Å². The summed E-state index contributed by atoms with van der Waals surface area (Å²) in [5.74, 6) is -0.186. The van der Waals surface area contributed by atoms with Gasteiger partial charge in [0.25, 0.3) is 11.8 Å². The van der Waals surface area contributed by atoms with E-state index >= 15 is 0 Å². The van der Waals surface area contributed by atoms with Crippen LogP contribution in [-0.2, 0) is 0 Å². The van der Waals surface area contributed by atoms with E-state index in [0.29, 0.717) is 16.4 Å². The van der Waals surface area contributed by atoms with Gasteiger partial charge in [0.2, 0.25) is 0 Å². The van der Waals surface area contributed by atoms with E-state index in [-0.39, 0.29) is 11.9 Å². The van der Waals surface area contributed by atoms with E-state index in [1.165, 1.54) is 11.3 Å². The predicted molar refractivity (Wildman–Crippen MR) is 94.0 cm³/mol. The van der Waals surface area contributed by atoms with E-state index in [1.807, 2.05) is 19.1 Å². The van der Waals surface area contributed by atoms with E-state index in [0.717, 1.165) is 10.4 Å². The Morgan fingerprint density at radius 2 is 2.00 bits per heavy atom. The molecule has 4 heterocycles. The Labute approximate surface area is 155 Å². The van der Waals surface area contributed by atoms with Gasteiger partial charge in [-0.25, -0.2) is 9.67 Å². The van der Waals surface area contributed by atoms with E-state index in [9.17, 15) is 8.78 Å². The van der Waals surface area contributed by atoms with Crippen molar-refractivity contribution in [2.24, 2.45) is 0 Å². The first-order valence-electron chi connectivity index (χ1n) is 7.86. The molecule has 0 radical (unpaired) electrons. The van der Waals surface area contributed by atoms with Crippen molar-refractivity contribution in [3.8, 4) is 22.0 Å². The normalized spacial score (nSPS) is 12.6. The number of rotatable bonds is 5. The highest BCUT2D eigenvalue weighted by molar-refractivity contribution is 7.15. The van der Waals surface area contributed by atoms with Gasteiger partial charge in [0, 0.05) is 16.6 Å². The van der Waals surface area contributed by atoms with Crippen LogP contribution in [0.3, 0.4) is 0 Å². The third kappa shape index (κ3) is 3.40. The summed E-state index contributed by atoms with van der Waals surface area (Å²) in [6, 6.07) is 7.01. The summed E-state index contributed by atoms with van der Waals surface area (Å²) in [5, 5.41) is 15.3. The zero-order chi connectivity index (χ0) is 19.0. The lowest BCUT2D eigenvalue weighted by atomic mass is 10.2. The lowest BCUT2D eigenvalue weighted by Crippen LogP contribution is -2.05. The van der Waals surface area contributed by atoms with Crippen molar-refractivity contribution in [2.45, 2.75) is 19.4 Å². The van der Waals surface area contributed by atoms with Gasteiger partial charge >= 0.3 is 6.43 Å². The average molecular weight is 389 g/mol. The van der Waals surface area contributed by atoms with Gasteiger partial charge in [0.05, 0.1) is 17.1 Å². The topological polar surface area (TPSA) is 109 Å². The predicted octanol–water partition coefficient (Wildman–Crippen LogP) is 3.58. The van der Waals surface area contributed by atoms with Crippen LogP contribution in [0.4, 0.5) is 14.6 Å². The van der Waals surface area contributed by atoms with Crippen LogP contribution in [0.2, 0.25) is 0 Å². The molecule has 0 saturated carbocycles. The minimum Gasteiger partial charge on any atom is -0.414 e. The quantitative estimate of drug-likeness (QED) is 0.556. The van der Waals surface area contributed by atoms with Crippen LogP contribution in [0.5, 0.6) is 0 Å². The molecule has 0 fully saturated rings. The third-order valence-corrected chi connectivity index (χ3v) is 5.11. The summed E-state index contributed by atoms with van der Waals surface area (Å²) in [6.45, 7) is 1.95. The van der Waals surface area contributed by atoms with E-state index in [1.54, 1.807) is 29.2 Å². The lowest BCUT2D eigenvalue weighted by Gasteiger charge is -2.08. The summed E-state index contributed by atoms with van der Waals surface area (Å²) >= 11 is 1.36. The third-order valence-electron chi connectivity index (χ3n) is 3.87. The molecular weight excluding hydrogens is 376 g/mol. The molecule has 27 heavy (non-hydrogen) atoms. The number of hydrogen-bond donors (Lipinski definition) is 1. The van der Waals surface area contributed by atoms with Crippen molar-refractivity contribution in [1.29, 1.82) is 0 Å². The van der Waals surface area contributed by atoms with E-state index < -0.39 is 12.3 Å². The van der Waals surface area contributed by atoms with E-state index in [2.05, 4.69) is 25.5 Å². The molecule has 0 spiro atoms. The standard InChI is InChI=1S/C16H13F2N7OS/c1-8(25-7-10(21-24-25)9-2-5-13(19)20-6-9)11-3-4-12(27-11)15-22-23-16(26-15)14(17)18/h2-8,14H,1H3,(H2,19,20)/t8-/m1/s1. The number of alkyl halides is 2. The first kappa shape index (κ1) is 17.2. The minimum absolute atomic E-state index is 0.0704. The van der Waals surface area contributed by atoms with Crippen molar-refractivity contribution in [1.82, 2.24) is 30.2 Å². The molecule has 11 heteroatoms. The number of nitrogens with zero attached hydrogens (tertiary/aromatic N) is 6. The molecule has 4 rings (SSSR count). The van der Waals surface area contributed by atoms with Crippen molar-refractivity contribution in [3.05, 3.63) is 47.4 Å². The van der Waals surface area contributed by atoms with Gasteiger partial charge in [-0.05, 0) is 31.2 Å². The Kier molecular flexibility index (Phi) is 4.36. The summed E-state index contributed by atoms with van der Waals surface area (Å²) in [5.41, 5.74) is 7.07. The monoisotopic (exact) mass is 389 g/mol. The summed E-state index contributed by atoms with van der Waals surface area (Å²) in [6.07, 6.45) is 0.646. The summed E-state index contributed by atoms with van der Waals surface area (Å²) < 4.78 is 31.9. The zero-order valence-electron chi connectivity index (χ0n) is 14.0. The molecule has 2 N–H and O–H groups in total. The molecule has 4 aromatic heterocycles. The molecule has 0 unspecified atom stereocenters. The van der Waals surface area contributed by atoms with Gasteiger partial charge in [-0.3, -0.25) is 0 Å². The second-order valence-corrected chi connectivity index (χ2v) is 6.80. The number of aromatic nitrogens is 6. The number of thiophene rings is 1. The van der Waals surface area contributed by atoms with Gasteiger partial charge in [0.1, 0.15) is 11.5 Å². The summed E-state index contributed by atoms with van der Waals surface area (Å²) in [4.78, 5) is 5.59. The molecule has 0 aliphatic rings. The van der Waals surface area contributed by atoms with Crippen molar-refractivity contribution >= 4 is 17.2 Å². The Hall–Kier alpha value is -3.21. The van der Waals surface area contributed by atoms with Gasteiger partial charge in [-0.2, -0.15) is 8.78 Å². The largest absolute Gasteiger partial charge is 0.414 e. The molecule has 0 amide bonds. The number of halogens is 2. The van der Waals surface area contributed by atoms with Crippen LogP contribution in [-0.4, -0.2) is 30.2 Å². The Morgan fingerprint density at radius 1 is 1.15 bits per heavy atom. The second-order valence-electron chi connectivity index (χ2n) is 5.68. The second kappa shape index (κ2) is 6.83. The number of hydrogen-bond acceptors (Lipinski definition) is 8. The van der Waals surface area contributed by atoms with Crippen molar-refractivity contribution in [3.63, 3.8) is 0 Å². The fraction of sp³-hybridized carbons (Fsp3) is 0.188. The lowest BCUT2D eigenvalue weighted by molar-refractivity contribution is 0.116. The number of pyridine rings is 1. The van der Waals surface area contributed by atoms with Crippen LogP contribution in [0.1, 0.15) is 30.2 Å². The molecule has 8 nitrogen and oxygen atoms in total. The Bertz CT molecular complexity index is 1060. The molecule has 0 bridgehead atoms. The maximum atomic E-state index is 12.6. The zero-order valence-corrected chi connectivity index (χ0v) is 14.8. The first-order chi connectivity index (χ1) is 13.0. The summed E-state index contributed by atoms with van der Waals surface area (Å²) in [7, 11) is 0. The molecule has 138 valence electrons. The van der Waals surface area contributed by atoms with Crippen LogP contribution in [0, 0.1) is 0 Å². The SMILES string of the molecule is C[C@H](c1ccc(-c2nnc(C(F)F)o2)s1)n1cc(-c2ccc(N)nc2)nn1. The Morgan fingerprint density at radius 3 is 2.70 bits per heavy atom. The minimum atomic E-state index is -2.79.